The quantitative estimate of drug-likeness (QED) is 0.550. The van der Waals surface area contributed by atoms with E-state index < -0.39 is 5.82 Å². The molecule has 0 radical (unpaired) electrons. The number of nitrogens with zero attached hydrogens (tertiary/aromatic N) is 1. The molecule has 1 aliphatic carbocycles. The maximum absolute atomic E-state index is 14.3. The van der Waals surface area contributed by atoms with E-state index in [0.717, 1.165) is 28.0 Å². The van der Waals surface area contributed by atoms with E-state index in [4.69, 9.17) is 11.6 Å². The Morgan fingerprint density at radius 1 is 1.27 bits per heavy atom. The second-order valence-electron chi connectivity index (χ2n) is 7.46. The highest BCUT2D eigenvalue weighted by Gasteiger charge is 2.39. The number of halogens is 2. The zero-order valence-electron chi connectivity index (χ0n) is 18.4. The first-order valence-electron chi connectivity index (χ1n) is 10.2. The molecule has 1 N–H and O–H groups in total. The Morgan fingerprint density at radius 3 is 2.40 bits per heavy atom. The molecule has 1 heterocycles. The first kappa shape index (κ1) is 23.8. The van der Waals surface area contributed by atoms with Crippen LogP contribution in [0.2, 0.25) is 5.02 Å². The summed E-state index contributed by atoms with van der Waals surface area (Å²) in [5.74, 6) is -0.722. The van der Waals surface area contributed by atoms with Crippen LogP contribution >= 0.6 is 11.6 Å². The summed E-state index contributed by atoms with van der Waals surface area (Å²) in [6.45, 7) is 16.0. The normalized spacial score (nSPS) is 18.1. The molecular weight excluding hydrogens is 399 g/mol. The van der Waals surface area contributed by atoms with Crippen molar-refractivity contribution in [3.8, 4) is 11.3 Å². The highest BCUT2D eigenvalue weighted by molar-refractivity contribution is 6.30. The molecule has 1 aromatic heterocycles. The van der Waals surface area contributed by atoms with Gasteiger partial charge in [0.2, 0.25) is 0 Å². The van der Waals surface area contributed by atoms with Crippen molar-refractivity contribution in [1.82, 2.24) is 10.3 Å². The van der Waals surface area contributed by atoms with E-state index in [1.54, 1.807) is 0 Å². The van der Waals surface area contributed by atoms with Crippen molar-refractivity contribution >= 4 is 17.4 Å². The Labute approximate surface area is 184 Å². The van der Waals surface area contributed by atoms with Crippen LogP contribution in [-0.4, -0.2) is 17.8 Å². The summed E-state index contributed by atoms with van der Waals surface area (Å²) in [6.07, 6.45) is 2.71. The number of allylic oxidation sites excluding steroid dienone is 2. The Hall–Kier alpha value is -2.46. The molecule has 1 aliphatic rings. The van der Waals surface area contributed by atoms with Gasteiger partial charge in [0, 0.05) is 30.4 Å². The van der Waals surface area contributed by atoms with Gasteiger partial charge in [0.15, 0.2) is 5.82 Å². The molecule has 0 amide bonds. The summed E-state index contributed by atoms with van der Waals surface area (Å²) in [4.78, 5) is 17.2. The number of rotatable bonds is 5. The van der Waals surface area contributed by atoms with Gasteiger partial charge in [-0.1, -0.05) is 44.2 Å². The molecule has 3 nitrogen and oxygen atoms in total. The Bertz CT molecular complexity index is 960. The Kier molecular flexibility index (Phi) is 7.96. The first-order valence-corrected chi connectivity index (χ1v) is 10.6. The van der Waals surface area contributed by atoms with E-state index in [0.29, 0.717) is 18.4 Å². The van der Waals surface area contributed by atoms with Crippen molar-refractivity contribution < 1.29 is 9.18 Å². The summed E-state index contributed by atoms with van der Waals surface area (Å²) < 4.78 is 14.3. The molecule has 30 heavy (non-hydrogen) atoms. The number of pyridine rings is 1. The molecule has 0 aliphatic heterocycles. The lowest BCUT2D eigenvalue weighted by molar-refractivity contribution is -0.121. The maximum Gasteiger partial charge on any atom is 0.150 e. The van der Waals surface area contributed by atoms with Crippen LogP contribution in [0.1, 0.15) is 49.3 Å². The first-order chi connectivity index (χ1) is 14.2. The minimum absolute atomic E-state index is 0.105. The monoisotopic (exact) mass is 428 g/mol. The van der Waals surface area contributed by atoms with Crippen LogP contribution in [0.5, 0.6) is 0 Å². The number of nitrogens with one attached hydrogen (secondary N) is 1. The fourth-order valence-electron chi connectivity index (χ4n) is 4.08. The van der Waals surface area contributed by atoms with Gasteiger partial charge in [0.1, 0.15) is 11.5 Å². The molecule has 1 saturated carbocycles. The third-order valence-electron chi connectivity index (χ3n) is 5.41. The molecule has 1 fully saturated rings. The van der Waals surface area contributed by atoms with Gasteiger partial charge >= 0.3 is 0 Å². The van der Waals surface area contributed by atoms with Gasteiger partial charge in [-0.25, -0.2) is 4.39 Å². The van der Waals surface area contributed by atoms with Gasteiger partial charge in [-0.15, -0.1) is 0 Å². The van der Waals surface area contributed by atoms with Crippen LogP contribution < -0.4 is 5.32 Å². The second-order valence-corrected chi connectivity index (χ2v) is 7.90. The van der Waals surface area contributed by atoms with Crippen molar-refractivity contribution in [1.29, 1.82) is 0 Å². The third kappa shape index (κ3) is 4.81. The number of carbonyl (C=O) groups excluding carboxylic acids is 1. The second kappa shape index (κ2) is 10.0. The fraction of sp³-hybridized carbons (Fsp3) is 0.360. The van der Waals surface area contributed by atoms with E-state index in [2.05, 4.69) is 23.5 Å². The average Bonchev–Trinajstić information content (AvgIpc) is 2.96. The SMILES string of the molecule is C=C(CC1CC(=C)C(c2c(C)cc(-c3ncc(Cl)cc3F)cc2C)C1=O)NC.CC. The molecule has 2 unspecified atom stereocenters. The number of aryl methyl sites for hydroxylation is 2. The Balaban J connectivity index is 0.00000155. The zero-order valence-corrected chi connectivity index (χ0v) is 19.2. The number of Topliss-reactive ketones (excluding diaryl/α,β-unsaturated/α-hetero) is 1. The summed E-state index contributed by atoms with van der Waals surface area (Å²) in [5.41, 5.74) is 5.52. The minimum Gasteiger partial charge on any atom is -0.392 e. The molecule has 0 saturated heterocycles. The van der Waals surface area contributed by atoms with Gasteiger partial charge in [0.25, 0.3) is 0 Å². The van der Waals surface area contributed by atoms with Gasteiger partial charge in [0.05, 0.1) is 10.9 Å². The number of ketones is 1. The molecule has 0 spiro atoms. The summed E-state index contributed by atoms with van der Waals surface area (Å²) in [6, 6.07) is 5.01. The van der Waals surface area contributed by atoms with Crippen molar-refractivity contribution in [3.05, 3.63) is 76.4 Å². The van der Waals surface area contributed by atoms with Crippen LogP contribution in [0.25, 0.3) is 11.3 Å². The van der Waals surface area contributed by atoms with E-state index in [9.17, 15) is 9.18 Å². The lowest BCUT2D eigenvalue weighted by Gasteiger charge is -2.19. The van der Waals surface area contributed by atoms with Gasteiger partial charge < -0.3 is 5.32 Å². The average molecular weight is 429 g/mol. The number of hydrogen-bond acceptors (Lipinski definition) is 3. The van der Waals surface area contributed by atoms with E-state index in [-0.39, 0.29) is 28.3 Å². The summed E-state index contributed by atoms with van der Waals surface area (Å²) in [7, 11) is 1.81. The molecule has 3 rings (SSSR count). The topological polar surface area (TPSA) is 42.0 Å². The highest BCUT2D eigenvalue weighted by atomic mass is 35.5. The maximum atomic E-state index is 14.3. The predicted molar refractivity (Wildman–Crippen MR) is 123 cm³/mol. The minimum atomic E-state index is -0.467. The number of benzene rings is 1. The lowest BCUT2D eigenvalue weighted by atomic mass is 9.84. The molecule has 5 heteroatoms. The van der Waals surface area contributed by atoms with Crippen LogP contribution in [-0.2, 0) is 4.79 Å². The molecular formula is C25H30ClFN2O. The van der Waals surface area contributed by atoms with E-state index >= 15 is 0 Å². The van der Waals surface area contributed by atoms with Gasteiger partial charge in [-0.05, 0) is 61.6 Å². The zero-order chi connectivity index (χ0) is 22.6. The molecule has 0 bridgehead atoms. The van der Waals surface area contributed by atoms with Crippen LogP contribution in [0.3, 0.4) is 0 Å². The summed E-state index contributed by atoms with van der Waals surface area (Å²) >= 11 is 5.81. The van der Waals surface area contributed by atoms with Crippen LogP contribution in [0, 0.1) is 25.6 Å². The number of carbonyl (C=O) groups is 1. The van der Waals surface area contributed by atoms with Crippen LogP contribution in [0.15, 0.2) is 48.8 Å². The van der Waals surface area contributed by atoms with Crippen molar-refractivity contribution in [3.63, 3.8) is 0 Å². The largest absolute Gasteiger partial charge is 0.392 e. The van der Waals surface area contributed by atoms with Crippen LogP contribution in [0.4, 0.5) is 4.39 Å². The smallest absolute Gasteiger partial charge is 0.150 e. The fourth-order valence-corrected chi connectivity index (χ4v) is 4.23. The number of aromatic nitrogens is 1. The van der Waals surface area contributed by atoms with Crippen molar-refractivity contribution in [2.24, 2.45) is 5.92 Å². The molecule has 1 aromatic carbocycles. The third-order valence-corrected chi connectivity index (χ3v) is 5.62. The van der Waals surface area contributed by atoms with E-state index in [1.807, 2.05) is 46.9 Å². The van der Waals surface area contributed by atoms with Crippen molar-refractivity contribution in [2.75, 3.05) is 7.05 Å². The molecule has 2 atom stereocenters. The Morgan fingerprint density at radius 2 is 1.87 bits per heavy atom. The molecule has 2 aromatic rings. The van der Waals surface area contributed by atoms with Gasteiger partial charge in [-0.3, -0.25) is 9.78 Å². The highest BCUT2D eigenvalue weighted by Crippen LogP contribution is 2.44. The summed E-state index contributed by atoms with van der Waals surface area (Å²) in [5, 5.41) is 3.27. The van der Waals surface area contributed by atoms with Crippen molar-refractivity contribution in [2.45, 2.75) is 46.5 Å². The predicted octanol–water partition coefficient (Wildman–Crippen LogP) is 6.54. The molecule has 160 valence electrons. The standard InChI is InChI=1S/C23H24ClFN2O.C2H6/c1-12-6-16(22-19(25)10-18(24)11-27-22)7-13(2)20(12)21-14(3)8-17(23(21)28)9-15(4)26-5;1-2/h6-7,10-11,17,21,26H,3-4,8-9H2,1-2,5H3;1-2H3. The lowest BCUT2D eigenvalue weighted by Crippen LogP contribution is -2.18. The van der Waals surface area contributed by atoms with Gasteiger partial charge in [-0.2, -0.15) is 0 Å². The van der Waals surface area contributed by atoms with E-state index in [1.165, 1.54) is 12.3 Å². The number of hydrogen-bond donors (Lipinski definition) is 1.